The first kappa shape index (κ1) is 13.9. The summed E-state index contributed by atoms with van der Waals surface area (Å²) in [4.78, 5) is 4.23. The molecule has 0 saturated heterocycles. The fraction of sp³-hybridized carbons (Fsp3) is 0.500. The zero-order valence-corrected chi connectivity index (χ0v) is 10.9. The van der Waals surface area contributed by atoms with Crippen LogP contribution in [0.4, 0.5) is 0 Å². The minimum atomic E-state index is 1.07. The Morgan fingerprint density at radius 3 is 2.33 bits per heavy atom. The highest BCUT2D eigenvalue weighted by Gasteiger charge is 2.02. The quantitative estimate of drug-likeness (QED) is 0.647. The lowest BCUT2D eigenvalue weighted by Crippen LogP contribution is -2.00. The van der Waals surface area contributed by atoms with E-state index in [9.17, 15) is 0 Å². The van der Waals surface area contributed by atoms with Crippen molar-refractivity contribution in [2.75, 3.05) is 7.05 Å². The highest BCUT2D eigenvalue weighted by atomic mass is 14.7. The first-order valence-electron chi connectivity index (χ1n) is 5.72. The van der Waals surface area contributed by atoms with Crippen LogP contribution in [0.1, 0.15) is 44.4 Å². The normalized spacial score (nSPS) is 10.7. The number of hydrogen-bond donors (Lipinski definition) is 0. The van der Waals surface area contributed by atoms with E-state index in [0.717, 1.165) is 12.1 Å². The lowest BCUT2D eigenvalue weighted by Gasteiger charge is -2.07. The first-order chi connectivity index (χ1) is 7.19. The molecule has 0 atom stereocenters. The van der Waals surface area contributed by atoms with E-state index in [-0.39, 0.29) is 0 Å². The van der Waals surface area contributed by atoms with E-state index in [1.807, 2.05) is 20.9 Å². The predicted molar refractivity (Wildman–Crippen MR) is 70.0 cm³/mol. The summed E-state index contributed by atoms with van der Waals surface area (Å²) in [6, 6.07) is 6.56. The van der Waals surface area contributed by atoms with Crippen molar-refractivity contribution < 1.29 is 0 Å². The monoisotopic (exact) mass is 205 g/mol. The minimum absolute atomic E-state index is 1.07. The molecule has 0 heterocycles. The number of aryl methyl sites for hydroxylation is 2. The minimum Gasteiger partial charge on any atom is -0.293 e. The molecule has 1 heteroatoms. The molecule has 0 unspecified atom stereocenters. The maximum absolute atomic E-state index is 4.23. The second-order valence-corrected chi connectivity index (χ2v) is 3.32. The molecule has 0 fully saturated rings. The summed E-state index contributed by atoms with van der Waals surface area (Å²) < 4.78 is 0. The first-order valence-corrected chi connectivity index (χ1v) is 5.72. The van der Waals surface area contributed by atoms with E-state index >= 15 is 0 Å². The Bertz CT molecular complexity index is 324. The molecule has 0 radical (unpaired) electrons. The van der Waals surface area contributed by atoms with Crippen molar-refractivity contribution in [3.8, 4) is 0 Å². The van der Waals surface area contributed by atoms with Crippen molar-refractivity contribution in [1.29, 1.82) is 0 Å². The molecule has 0 amide bonds. The summed E-state index contributed by atoms with van der Waals surface area (Å²) in [6.07, 6.45) is 1.07. The predicted octanol–water partition coefficient (Wildman–Crippen LogP) is 4.02. The van der Waals surface area contributed by atoms with Gasteiger partial charge in [-0.05, 0) is 37.5 Å². The smallest absolute Gasteiger partial charge is 0.0389 e. The number of nitrogens with zero attached hydrogens (tertiary/aromatic N) is 1. The van der Waals surface area contributed by atoms with Crippen LogP contribution in [0.15, 0.2) is 23.2 Å². The summed E-state index contributed by atoms with van der Waals surface area (Å²) in [7, 11) is 1.84. The molecule has 0 N–H and O–H groups in total. The molecule has 84 valence electrons. The molecule has 0 bridgehead atoms. The number of rotatable bonds is 2. The number of hydrogen-bond acceptors (Lipinski definition) is 1. The van der Waals surface area contributed by atoms with Crippen LogP contribution in [0.3, 0.4) is 0 Å². The lowest BCUT2D eigenvalue weighted by molar-refractivity contribution is 1.12. The van der Waals surface area contributed by atoms with Crippen LogP contribution in [-0.2, 0) is 6.42 Å². The maximum atomic E-state index is 4.23. The Labute approximate surface area is 94.3 Å². The number of aliphatic imine (C=N–C) groups is 1. The average molecular weight is 205 g/mol. The van der Waals surface area contributed by atoms with Gasteiger partial charge in [-0.25, -0.2) is 0 Å². The third kappa shape index (κ3) is 3.86. The Kier molecular flexibility index (Phi) is 6.68. The van der Waals surface area contributed by atoms with E-state index in [1.54, 1.807) is 0 Å². The molecule has 1 nitrogen and oxygen atoms in total. The van der Waals surface area contributed by atoms with Crippen LogP contribution in [-0.4, -0.2) is 12.8 Å². The van der Waals surface area contributed by atoms with E-state index < -0.39 is 0 Å². The van der Waals surface area contributed by atoms with Gasteiger partial charge in [-0.3, -0.25) is 4.99 Å². The van der Waals surface area contributed by atoms with Crippen LogP contribution < -0.4 is 0 Å². The molecule has 0 saturated carbocycles. The SMILES string of the molecule is CC.CCc1ccc(C)cc1C(C)=NC. The second kappa shape index (κ2) is 7.22. The van der Waals surface area contributed by atoms with Crippen LogP contribution in [0.2, 0.25) is 0 Å². The van der Waals surface area contributed by atoms with Gasteiger partial charge in [0.1, 0.15) is 0 Å². The Morgan fingerprint density at radius 1 is 1.27 bits per heavy atom. The van der Waals surface area contributed by atoms with Crippen LogP contribution in [0, 0.1) is 6.92 Å². The van der Waals surface area contributed by atoms with Gasteiger partial charge in [0.05, 0.1) is 0 Å². The van der Waals surface area contributed by atoms with Gasteiger partial charge in [-0.2, -0.15) is 0 Å². The van der Waals surface area contributed by atoms with Gasteiger partial charge in [0.15, 0.2) is 0 Å². The van der Waals surface area contributed by atoms with E-state index in [4.69, 9.17) is 0 Å². The fourth-order valence-electron chi connectivity index (χ4n) is 1.46. The van der Waals surface area contributed by atoms with Gasteiger partial charge in [0.25, 0.3) is 0 Å². The lowest BCUT2D eigenvalue weighted by atomic mass is 9.99. The van der Waals surface area contributed by atoms with E-state index in [2.05, 4.69) is 44.0 Å². The zero-order chi connectivity index (χ0) is 11.8. The Hall–Kier alpha value is -1.11. The summed E-state index contributed by atoms with van der Waals surface area (Å²) >= 11 is 0. The molecule has 15 heavy (non-hydrogen) atoms. The van der Waals surface area contributed by atoms with Crippen molar-refractivity contribution in [2.45, 2.75) is 41.0 Å². The highest BCUT2D eigenvalue weighted by Crippen LogP contribution is 2.13. The van der Waals surface area contributed by atoms with Crippen molar-refractivity contribution >= 4 is 5.71 Å². The Morgan fingerprint density at radius 2 is 1.87 bits per heavy atom. The molecule has 1 aromatic carbocycles. The van der Waals surface area contributed by atoms with Crippen molar-refractivity contribution in [1.82, 2.24) is 0 Å². The summed E-state index contributed by atoms with van der Waals surface area (Å²) in [5.74, 6) is 0. The van der Waals surface area contributed by atoms with Gasteiger partial charge in [-0.1, -0.05) is 38.5 Å². The summed E-state index contributed by atoms with van der Waals surface area (Å²) in [5, 5.41) is 0. The van der Waals surface area contributed by atoms with Crippen LogP contribution in [0.25, 0.3) is 0 Å². The second-order valence-electron chi connectivity index (χ2n) is 3.32. The van der Waals surface area contributed by atoms with Gasteiger partial charge < -0.3 is 0 Å². The largest absolute Gasteiger partial charge is 0.293 e. The molecule has 0 spiro atoms. The van der Waals surface area contributed by atoms with Crippen molar-refractivity contribution in [3.05, 3.63) is 34.9 Å². The summed E-state index contributed by atoms with van der Waals surface area (Å²) in [6.45, 7) is 10.4. The van der Waals surface area contributed by atoms with Gasteiger partial charge in [0.2, 0.25) is 0 Å². The molecular formula is C14H23N. The molecule has 0 aliphatic heterocycles. The molecular weight excluding hydrogens is 182 g/mol. The third-order valence-corrected chi connectivity index (χ3v) is 2.37. The van der Waals surface area contributed by atoms with Gasteiger partial charge in [0, 0.05) is 12.8 Å². The van der Waals surface area contributed by atoms with Crippen molar-refractivity contribution in [3.63, 3.8) is 0 Å². The molecule has 0 aliphatic rings. The van der Waals surface area contributed by atoms with Gasteiger partial charge >= 0.3 is 0 Å². The van der Waals surface area contributed by atoms with Gasteiger partial charge in [-0.15, -0.1) is 0 Å². The summed E-state index contributed by atoms with van der Waals surface area (Å²) in [5.41, 5.74) is 5.11. The Balaban J connectivity index is 0.000000921. The number of benzene rings is 1. The fourth-order valence-corrected chi connectivity index (χ4v) is 1.46. The van der Waals surface area contributed by atoms with Crippen LogP contribution in [0.5, 0.6) is 0 Å². The van der Waals surface area contributed by atoms with E-state index in [1.165, 1.54) is 16.7 Å². The highest BCUT2D eigenvalue weighted by molar-refractivity contribution is 6.00. The molecule has 0 aromatic heterocycles. The van der Waals surface area contributed by atoms with E-state index in [0.29, 0.717) is 0 Å². The van der Waals surface area contributed by atoms with Crippen molar-refractivity contribution in [2.24, 2.45) is 4.99 Å². The standard InChI is InChI=1S/C12H17N.C2H6/c1-5-11-7-6-9(2)8-12(11)10(3)13-4;1-2/h6-8H,5H2,1-4H3;1-2H3. The maximum Gasteiger partial charge on any atom is 0.0389 e. The van der Waals surface area contributed by atoms with Crippen LogP contribution >= 0.6 is 0 Å². The zero-order valence-electron chi connectivity index (χ0n) is 10.9. The average Bonchev–Trinajstić information content (AvgIpc) is 2.30. The molecule has 1 aromatic rings. The third-order valence-electron chi connectivity index (χ3n) is 2.37. The molecule has 1 rings (SSSR count). The topological polar surface area (TPSA) is 12.4 Å². The molecule has 0 aliphatic carbocycles.